The lowest BCUT2D eigenvalue weighted by Crippen LogP contribution is -2.09. The number of non-ortho nitro benzene ring substituents is 1. The number of phenols is 3. The minimum absolute atomic E-state index is 0.283. The number of carboxylic acids is 1. The third-order valence-electron chi connectivity index (χ3n) is 6.16. The van der Waals surface area contributed by atoms with E-state index in [1.165, 1.54) is 0 Å². The monoisotopic (exact) mass is 729 g/mol. The van der Waals surface area contributed by atoms with E-state index in [4.69, 9.17) is 5.73 Å². The smallest absolute Gasteiger partial charge is 0.386 e. The van der Waals surface area contributed by atoms with Gasteiger partial charge in [0, 0.05) is 35.0 Å². The molecule has 0 unspecified atom stereocenters. The number of aromatic carboxylic acids is 1. The van der Waals surface area contributed by atoms with E-state index in [0.29, 0.717) is 24.3 Å². The number of aromatic hydroxyl groups is 3. The molecule has 0 bridgehead atoms. The van der Waals surface area contributed by atoms with E-state index in [1.807, 2.05) is 0 Å². The van der Waals surface area contributed by atoms with Crippen molar-refractivity contribution in [1.82, 2.24) is 0 Å². The van der Waals surface area contributed by atoms with Gasteiger partial charge < -0.3 is 26.2 Å². The van der Waals surface area contributed by atoms with E-state index >= 15 is 0 Å². The maximum atomic E-state index is 12.4. The molecule has 48 heavy (non-hydrogen) atoms. The summed E-state index contributed by atoms with van der Waals surface area (Å²) in [5, 5.41) is 65.4. The summed E-state index contributed by atoms with van der Waals surface area (Å²) >= 11 is 0. The molecular weight excluding hydrogens is 712 g/mol. The van der Waals surface area contributed by atoms with Crippen LogP contribution in [-0.4, -0.2) is 66.4 Å². The maximum Gasteiger partial charge on any atom is 0.386 e. The van der Waals surface area contributed by atoms with Gasteiger partial charge >= 0.3 is 16.5 Å². The average Bonchev–Trinajstić information content (AvgIpc) is 2.95. The first-order valence-electron chi connectivity index (χ1n) is 12.0. The summed E-state index contributed by atoms with van der Waals surface area (Å²) in [7, 11) is -15.4. The first kappa shape index (κ1) is 35.2. The van der Waals surface area contributed by atoms with E-state index in [0.717, 1.165) is 12.1 Å². The van der Waals surface area contributed by atoms with Crippen LogP contribution >= 0.6 is 0 Å². The number of nitrogen functional groups attached to an aromatic ring is 1. The van der Waals surface area contributed by atoms with Gasteiger partial charge in [0.1, 0.15) is 38.1 Å². The van der Waals surface area contributed by atoms with Crippen LogP contribution in [0.4, 0.5) is 34.1 Å². The number of carbonyl (C=O) groups is 1. The predicted molar refractivity (Wildman–Crippen MR) is 159 cm³/mol. The Bertz CT molecular complexity index is 2410. The number of nitro groups is 1. The third kappa shape index (κ3) is 6.85. The summed E-state index contributed by atoms with van der Waals surface area (Å²) < 4.78 is 97.9. The molecule has 0 aliphatic carbocycles. The van der Waals surface area contributed by atoms with Gasteiger partial charge in [-0.3, -0.25) is 19.2 Å². The molecule has 0 saturated heterocycles. The molecule has 0 atom stereocenters. The molecular formula is C23H17N6O16S3+. The predicted octanol–water partition coefficient (Wildman–Crippen LogP) is 4.27. The molecule has 0 saturated carbocycles. The molecule has 0 aliphatic heterocycles. The number of rotatable bonds is 9. The fraction of sp³-hybridized carbons (Fsp3) is 0. The molecule has 0 aromatic heterocycles. The normalized spacial score (nSPS) is 12.7. The van der Waals surface area contributed by atoms with Crippen LogP contribution in [0.2, 0.25) is 0 Å². The Morgan fingerprint density at radius 1 is 0.771 bits per heavy atom. The highest BCUT2D eigenvalue weighted by atomic mass is 32.3. The first-order chi connectivity index (χ1) is 22.0. The van der Waals surface area contributed by atoms with E-state index < -0.39 is 113 Å². The first-order valence-corrected chi connectivity index (χ1v) is 16.3. The van der Waals surface area contributed by atoms with Crippen LogP contribution in [0.25, 0.3) is 10.8 Å². The molecule has 252 valence electrons. The quantitative estimate of drug-likeness (QED) is 0.0290. The SMILES string of the molecule is Nc1ccc2c(O)c(N=Nc3cc([N+](=O)[O-])cc(S(=O)(=O)O)c3O)c(S(=O)(=O)O)cc2c1N=Nc1cc([S+](=O)(O)O)cc(C(=O)O)c1O. The van der Waals surface area contributed by atoms with E-state index in [-0.39, 0.29) is 17.1 Å². The van der Waals surface area contributed by atoms with E-state index in [1.54, 1.807) is 0 Å². The third-order valence-corrected chi connectivity index (χ3v) is 8.74. The fourth-order valence-corrected chi connectivity index (χ4v) is 5.78. The second-order valence-electron chi connectivity index (χ2n) is 9.23. The number of fused-ring (bicyclic) bond motifs is 1. The van der Waals surface area contributed by atoms with Gasteiger partial charge in [0.05, 0.1) is 10.6 Å². The number of phenolic OH excluding ortho intramolecular Hbond substituents is 2. The minimum atomic E-state index is -5.38. The lowest BCUT2D eigenvalue weighted by molar-refractivity contribution is -0.385. The van der Waals surface area contributed by atoms with Crippen molar-refractivity contribution < 1.29 is 69.4 Å². The highest BCUT2D eigenvalue weighted by Crippen LogP contribution is 2.47. The Hall–Kier alpha value is -5.70. The highest BCUT2D eigenvalue weighted by Gasteiger charge is 2.31. The van der Waals surface area contributed by atoms with Crippen molar-refractivity contribution in [3.05, 3.63) is 58.1 Å². The molecule has 0 aliphatic rings. The highest BCUT2D eigenvalue weighted by molar-refractivity contribution is 7.92. The Kier molecular flexibility index (Phi) is 8.90. The second kappa shape index (κ2) is 12.2. The van der Waals surface area contributed by atoms with Crippen molar-refractivity contribution in [2.75, 3.05) is 5.73 Å². The van der Waals surface area contributed by atoms with Gasteiger partial charge in [0.2, 0.25) is 4.90 Å². The molecule has 4 aromatic rings. The van der Waals surface area contributed by atoms with Gasteiger partial charge in [-0.1, -0.05) is 0 Å². The van der Waals surface area contributed by atoms with Crippen LogP contribution in [-0.2, 0) is 34.9 Å². The molecule has 25 heteroatoms. The van der Waals surface area contributed by atoms with Crippen LogP contribution in [0.5, 0.6) is 17.2 Å². The second-order valence-corrected chi connectivity index (χ2v) is 13.5. The zero-order valence-corrected chi connectivity index (χ0v) is 25.4. The molecule has 22 nitrogen and oxygen atoms in total. The van der Waals surface area contributed by atoms with Crippen molar-refractivity contribution in [1.29, 1.82) is 0 Å². The van der Waals surface area contributed by atoms with Crippen LogP contribution in [0, 0.1) is 10.1 Å². The van der Waals surface area contributed by atoms with E-state index in [2.05, 4.69) is 20.5 Å². The van der Waals surface area contributed by atoms with Gasteiger partial charge in [0.15, 0.2) is 17.2 Å². The Morgan fingerprint density at radius 3 is 1.85 bits per heavy atom. The Morgan fingerprint density at radius 2 is 1.33 bits per heavy atom. The molecule has 10 N–H and O–H groups in total. The van der Waals surface area contributed by atoms with Gasteiger partial charge in [-0.2, -0.15) is 25.9 Å². The summed E-state index contributed by atoms with van der Waals surface area (Å²) in [6.07, 6.45) is 0. The van der Waals surface area contributed by atoms with Gasteiger partial charge in [0.25, 0.3) is 25.9 Å². The van der Waals surface area contributed by atoms with Gasteiger partial charge in [-0.25, -0.2) is 4.79 Å². The zero-order valence-electron chi connectivity index (χ0n) is 22.9. The number of nitro benzene ring substituents is 1. The number of hydrogen-bond donors (Lipinski definition) is 9. The lowest BCUT2D eigenvalue weighted by atomic mass is 10.1. The number of hydrogen-bond acceptors (Lipinski definition) is 16. The number of azo groups is 2. The molecule has 0 amide bonds. The van der Waals surface area contributed by atoms with Crippen LogP contribution < -0.4 is 5.73 Å². The van der Waals surface area contributed by atoms with Crippen molar-refractivity contribution in [3.8, 4) is 17.2 Å². The molecule has 4 aromatic carbocycles. The number of carboxylic acid groups (broad SMARTS) is 1. The summed E-state index contributed by atoms with van der Waals surface area (Å²) in [4.78, 5) is 18.1. The summed E-state index contributed by atoms with van der Waals surface area (Å²) in [6.45, 7) is 0. The molecule has 0 heterocycles. The number of anilines is 1. The fourth-order valence-electron chi connectivity index (χ4n) is 3.98. The standard InChI is InChI=1S/C23H16N6O16S3/c24-13-2-1-10-11(18(13)27-26-15-6-9(46(37,38)39)5-12(20(15)30)23(33)34)7-16(47(40,41)42)19(21(10)31)28-25-14-3-8(29(35)36)4-17(22(14)32)48(43,44)45/h1-7H,(H9-,24,25,26,27,28,30,31,32,33,34,37,38,39,40,41,42,43,44,45)/p+1. The van der Waals surface area contributed by atoms with Crippen molar-refractivity contribution in [3.63, 3.8) is 0 Å². The van der Waals surface area contributed by atoms with Crippen LogP contribution in [0.1, 0.15) is 10.4 Å². The largest absolute Gasteiger partial charge is 0.505 e. The van der Waals surface area contributed by atoms with Gasteiger partial charge in [-0.15, -0.1) is 20.5 Å². The van der Waals surface area contributed by atoms with Crippen molar-refractivity contribution in [2.45, 2.75) is 14.7 Å². The van der Waals surface area contributed by atoms with E-state index in [9.17, 15) is 74.6 Å². The Balaban J connectivity index is 1.98. The van der Waals surface area contributed by atoms with Gasteiger partial charge in [-0.05, 0) is 22.4 Å². The lowest BCUT2D eigenvalue weighted by Gasteiger charge is -2.12. The molecule has 0 fully saturated rings. The minimum Gasteiger partial charge on any atom is -0.505 e. The average molecular weight is 730 g/mol. The Labute approximate surface area is 266 Å². The topological polar surface area (TPSA) is 383 Å². The zero-order chi connectivity index (χ0) is 36.1. The summed E-state index contributed by atoms with van der Waals surface area (Å²) in [5.74, 6) is -5.37. The van der Waals surface area contributed by atoms with Crippen LogP contribution in [0.3, 0.4) is 0 Å². The number of nitrogens with zero attached hydrogens (tertiary/aromatic N) is 5. The summed E-state index contributed by atoms with van der Waals surface area (Å²) in [5.41, 5.74) is 0.202. The number of benzene rings is 4. The summed E-state index contributed by atoms with van der Waals surface area (Å²) in [6, 6.07) is 4.59. The molecule has 4 rings (SSSR count). The maximum absolute atomic E-state index is 12.4. The van der Waals surface area contributed by atoms with Crippen molar-refractivity contribution in [2.24, 2.45) is 20.5 Å². The molecule has 0 radical (unpaired) electrons. The van der Waals surface area contributed by atoms with Crippen LogP contribution in [0.15, 0.2) is 77.6 Å². The number of nitrogens with two attached hydrogens (primary N) is 1. The molecule has 0 spiro atoms. The van der Waals surface area contributed by atoms with Crippen molar-refractivity contribution >= 4 is 81.6 Å².